The topological polar surface area (TPSA) is 3.24 Å². The van der Waals surface area contributed by atoms with E-state index < -0.39 is 0 Å². The molecule has 0 saturated carbocycles. The zero-order valence-corrected chi connectivity index (χ0v) is 8.99. The first kappa shape index (κ1) is 11.8. The summed E-state index contributed by atoms with van der Waals surface area (Å²) in [6, 6.07) is 0. The van der Waals surface area contributed by atoms with Crippen LogP contribution in [0, 0.1) is 0 Å². The Morgan fingerprint density at radius 1 is 0.923 bits per heavy atom. The predicted octanol–water partition coefficient (Wildman–Crippen LogP) is 3.14. The van der Waals surface area contributed by atoms with Gasteiger partial charge in [0.05, 0.1) is 0 Å². The van der Waals surface area contributed by atoms with Crippen LogP contribution in [0.1, 0.15) is 13.8 Å². The van der Waals surface area contributed by atoms with Gasteiger partial charge in [-0.25, -0.2) is 0 Å². The molecule has 1 heteroatoms. The van der Waals surface area contributed by atoms with E-state index in [1.54, 1.807) is 0 Å². The second kappa shape index (κ2) is 7.41. The van der Waals surface area contributed by atoms with Crippen LogP contribution in [0.5, 0.6) is 0 Å². The van der Waals surface area contributed by atoms with E-state index in [1.807, 2.05) is 58.3 Å². The third-order valence-electron chi connectivity index (χ3n) is 1.54. The Hall–Kier alpha value is -1.24. The number of allylic oxidation sites excluding steroid dienone is 7. The molecule has 0 spiro atoms. The summed E-state index contributed by atoms with van der Waals surface area (Å²) in [7, 11) is 4.07. The molecule has 0 N–H and O–H groups in total. The zero-order valence-electron chi connectivity index (χ0n) is 8.99. The third kappa shape index (κ3) is 5.97. The minimum atomic E-state index is 1.20. The van der Waals surface area contributed by atoms with Gasteiger partial charge in [0.2, 0.25) is 0 Å². The van der Waals surface area contributed by atoms with Crippen molar-refractivity contribution in [2.75, 3.05) is 14.1 Å². The number of rotatable bonds is 4. The van der Waals surface area contributed by atoms with E-state index in [4.69, 9.17) is 0 Å². The molecule has 72 valence electrons. The quantitative estimate of drug-likeness (QED) is 0.596. The molecule has 0 aliphatic heterocycles. The van der Waals surface area contributed by atoms with Crippen LogP contribution >= 0.6 is 0 Å². The van der Waals surface area contributed by atoms with Crippen molar-refractivity contribution in [3.8, 4) is 0 Å². The molecule has 0 radical (unpaired) electrons. The van der Waals surface area contributed by atoms with Crippen LogP contribution in [0.25, 0.3) is 0 Å². The van der Waals surface area contributed by atoms with Crippen LogP contribution in [-0.4, -0.2) is 19.0 Å². The highest BCUT2D eigenvalue weighted by atomic mass is 15.1. The average Bonchev–Trinajstić information content (AvgIpc) is 2.10. The molecular weight excluding hydrogens is 158 g/mol. The lowest BCUT2D eigenvalue weighted by Crippen LogP contribution is -2.08. The minimum absolute atomic E-state index is 1.20. The fraction of sp³-hybridized carbons (Fsp3) is 0.333. The second-order valence-electron chi connectivity index (χ2n) is 2.90. The highest BCUT2D eigenvalue weighted by molar-refractivity contribution is 5.23. The maximum atomic E-state index is 2.08. The average molecular weight is 177 g/mol. The third-order valence-corrected chi connectivity index (χ3v) is 1.54. The number of likely N-dealkylation sites (N-methyl/N-ethyl adjacent to an activating group) is 1. The van der Waals surface area contributed by atoms with Crippen LogP contribution in [0.3, 0.4) is 0 Å². The Morgan fingerprint density at radius 3 is 2.08 bits per heavy atom. The van der Waals surface area contributed by atoms with Gasteiger partial charge in [-0.05, 0) is 26.0 Å². The van der Waals surface area contributed by atoms with Gasteiger partial charge in [0.15, 0.2) is 0 Å². The van der Waals surface area contributed by atoms with E-state index >= 15 is 0 Å². The Bertz CT molecular complexity index is 230. The molecule has 0 fully saturated rings. The molecule has 0 amide bonds. The highest BCUT2D eigenvalue weighted by Crippen LogP contribution is 2.00. The van der Waals surface area contributed by atoms with Gasteiger partial charge >= 0.3 is 0 Å². The SMILES string of the molecule is C\C=C/C(=C\C=C\C=C\C)N(C)C. The molecule has 0 atom stereocenters. The van der Waals surface area contributed by atoms with Gasteiger partial charge in [-0.15, -0.1) is 0 Å². The molecule has 0 rings (SSSR count). The van der Waals surface area contributed by atoms with E-state index in [-0.39, 0.29) is 0 Å². The standard InChI is InChI=1S/C12H19N/c1-5-7-8-9-11-12(10-6-2)13(3)4/h5-11H,1-4H3/b7-5+,9-8+,10-6-,12-11+. The summed E-state index contributed by atoms with van der Waals surface area (Å²) in [5.41, 5.74) is 1.20. The molecule has 0 aromatic carbocycles. The summed E-state index contributed by atoms with van der Waals surface area (Å²) in [6.45, 7) is 4.03. The molecule has 0 aromatic heterocycles. The molecule has 0 aliphatic rings. The molecule has 13 heavy (non-hydrogen) atoms. The largest absolute Gasteiger partial charge is 0.378 e. The van der Waals surface area contributed by atoms with Crippen LogP contribution in [0.4, 0.5) is 0 Å². The van der Waals surface area contributed by atoms with Crippen molar-refractivity contribution in [1.82, 2.24) is 4.90 Å². The summed E-state index contributed by atoms with van der Waals surface area (Å²) < 4.78 is 0. The van der Waals surface area contributed by atoms with Gasteiger partial charge in [0, 0.05) is 19.8 Å². The summed E-state index contributed by atoms with van der Waals surface area (Å²) in [5.74, 6) is 0. The Morgan fingerprint density at radius 2 is 1.62 bits per heavy atom. The fourth-order valence-corrected chi connectivity index (χ4v) is 0.854. The van der Waals surface area contributed by atoms with Crippen LogP contribution in [0.15, 0.2) is 48.2 Å². The van der Waals surface area contributed by atoms with Crippen molar-refractivity contribution >= 4 is 0 Å². The number of hydrogen-bond donors (Lipinski definition) is 0. The maximum absolute atomic E-state index is 2.08. The lowest BCUT2D eigenvalue weighted by atomic mass is 10.3. The number of hydrogen-bond acceptors (Lipinski definition) is 1. The molecule has 0 heterocycles. The maximum Gasteiger partial charge on any atom is 0.0357 e. The van der Waals surface area contributed by atoms with E-state index in [2.05, 4.69) is 17.1 Å². The molecule has 1 nitrogen and oxygen atoms in total. The molecule has 0 saturated heterocycles. The molecular formula is C12H19N. The highest BCUT2D eigenvalue weighted by Gasteiger charge is 1.89. The first-order valence-corrected chi connectivity index (χ1v) is 4.52. The Kier molecular flexibility index (Phi) is 6.70. The lowest BCUT2D eigenvalue weighted by Gasteiger charge is -2.12. The zero-order chi connectivity index (χ0) is 10.1. The number of nitrogens with zero attached hydrogens (tertiary/aromatic N) is 1. The van der Waals surface area contributed by atoms with E-state index in [1.165, 1.54) is 5.70 Å². The van der Waals surface area contributed by atoms with Crippen LogP contribution in [-0.2, 0) is 0 Å². The van der Waals surface area contributed by atoms with Crippen molar-refractivity contribution < 1.29 is 0 Å². The van der Waals surface area contributed by atoms with Gasteiger partial charge < -0.3 is 4.90 Å². The van der Waals surface area contributed by atoms with Gasteiger partial charge in [0.1, 0.15) is 0 Å². The fourth-order valence-electron chi connectivity index (χ4n) is 0.854. The lowest BCUT2D eigenvalue weighted by molar-refractivity contribution is 0.530. The van der Waals surface area contributed by atoms with Gasteiger partial charge in [-0.3, -0.25) is 0 Å². The first-order chi connectivity index (χ1) is 6.22. The minimum Gasteiger partial charge on any atom is -0.378 e. The van der Waals surface area contributed by atoms with Crippen molar-refractivity contribution in [3.05, 3.63) is 48.2 Å². The first-order valence-electron chi connectivity index (χ1n) is 4.52. The summed E-state index contributed by atoms with van der Waals surface area (Å²) >= 11 is 0. The molecule has 0 bridgehead atoms. The molecule has 0 unspecified atom stereocenters. The van der Waals surface area contributed by atoms with Crippen LogP contribution < -0.4 is 0 Å². The summed E-state index contributed by atoms with van der Waals surface area (Å²) in [4.78, 5) is 2.08. The van der Waals surface area contributed by atoms with E-state index in [0.29, 0.717) is 0 Å². The Balaban J connectivity index is 4.36. The monoisotopic (exact) mass is 177 g/mol. The van der Waals surface area contributed by atoms with Crippen molar-refractivity contribution in [1.29, 1.82) is 0 Å². The van der Waals surface area contributed by atoms with Crippen molar-refractivity contribution in [2.45, 2.75) is 13.8 Å². The van der Waals surface area contributed by atoms with Gasteiger partial charge in [0.25, 0.3) is 0 Å². The van der Waals surface area contributed by atoms with E-state index in [9.17, 15) is 0 Å². The van der Waals surface area contributed by atoms with E-state index in [0.717, 1.165) is 0 Å². The normalized spacial score (nSPS) is 13.7. The smallest absolute Gasteiger partial charge is 0.0357 e. The van der Waals surface area contributed by atoms with Crippen molar-refractivity contribution in [3.63, 3.8) is 0 Å². The summed E-state index contributed by atoms with van der Waals surface area (Å²) in [6.07, 6.45) is 14.3. The van der Waals surface area contributed by atoms with Crippen LogP contribution in [0.2, 0.25) is 0 Å². The predicted molar refractivity (Wildman–Crippen MR) is 60.5 cm³/mol. The molecule has 0 aromatic rings. The summed E-state index contributed by atoms with van der Waals surface area (Å²) in [5, 5.41) is 0. The molecule has 0 aliphatic carbocycles. The van der Waals surface area contributed by atoms with Crippen molar-refractivity contribution in [2.24, 2.45) is 0 Å². The van der Waals surface area contributed by atoms with Gasteiger partial charge in [-0.1, -0.05) is 30.4 Å². The Labute approximate surface area is 81.8 Å². The van der Waals surface area contributed by atoms with Gasteiger partial charge in [-0.2, -0.15) is 0 Å². The second-order valence-corrected chi connectivity index (χ2v) is 2.90.